The van der Waals surface area contributed by atoms with Crippen LogP contribution >= 0.6 is 22.9 Å². The molecule has 11 heteroatoms. The van der Waals surface area contributed by atoms with Gasteiger partial charge in [-0.25, -0.2) is 8.42 Å². The first-order valence-electron chi connectivity index (χ1n) is 9.92. The zero-order valence-corrected chi connectivity index (χ0v) is 20.2. The van der Waals surface area contributed by atoms with E-state index in [-0.39, 0.29) is 12.2 Å². The van der Waals surface area contributed by atoms with Gasteiger partial charge in [-0.2, -0.15) is 0 Å². The molecule has 1 heterocycles. The van der Waals surface area contributed by atoms with Gasteiger partial charge in [0.05, 0.1) is 28.3 Å². The Morgan fingerprint density at radius 1 is 1.09 bits per heavy atom. The number of sulfonamides is 1. The number of nitrogens with zero attached hydrogens (tertiary/aromatic N) is 2. The molecule has 3 aromatic carbocycles. The summed E-state index contributed by atoms with van der Waals surface area (Å²) >= 11 is 7.17. The lowest BCUT2D eigenvalue weighted by Gasteiger charge is -2.22. The predicted octanol–water partition coefficient (Wildman–Crippen LogP) is 5.68. The van der Waals surface area contributed by atoms with E-state index in [4.69, 9.17) is 11.6 Å². The fourth-order valence-corrected chi connectivity index (χ4v) is 5.29. The van der Waals surface area contributed by atoms with Crippen molar-refractivity contribution in [2.45, 2.75) is 6.54 Å². The van der Waals surface area contributed by atoms with Crippen LogP contribution in [0.5, 0.6) is 0 Å². The van der Waals surface area contributed by atoms with Gasteiger partial charge >= 0.3 is 0 Å². The van der Waals surface area contributed by atoms with E-state index in [0.717, 1.165) is 16.5 Å². The van der Waals surface area contributed by atoms with Gasteiger partial charge in [0.15, 0.2) is 0 Å². The van der Waals surface area contributed by atoms with Gasteiger partial charge in [0, 0.05) is 27.5 Å². The van der Waals surface area contributed by atoms with Crippen LogP contribution in [0.15, 0.2) is 72.8 Å². The molecule has 34 heavy (non-hydrogen) atoms. The number of carbonyl (C=O) groups excluding carboxylic acids is 1. The molecule has 1 aromatic heterocycles. The molecule has 0 bridgehead atoms. The molecule has 1 amide bonds. The van der Waals surface area contributed by atoms with Crippen LogP contribution < -0.4 is 9.62 Å². The molecule has 1 N–H and O–H groups in total. The van der Waals surface area contributed by atoms with E-state index in [1.54, 1.807) is 54.6 Å². The number of rotatable bonds is 7. The quantitative estimate of drug-likeness (QED) is 0.251. The lowest BCUT2D eigenvalue weighted by Crippen LogP contribution is -2.29. The molecule has 0 fully saturated rings. The second-order valence-electron chi connectivity index (χ2n) is 7.49. The Morgan fingerprint density at radius 3 is 2.50 bits per heavy atom. The number of amides is 1. The maximum absolute atomic E-state index is 12.7. The summed E-state index contributed by atoms with van der Waals surface area (Å²) in [6.45, 7) is 0.131. The first kappa shape index (κ1) is 23.7. The van der Waals surface area contributed by atoms with Crippen LogP contribution in [-0.2, 0) is 16.6 Å². The van der Waals surface area contributed by atoms with Crippen LogP contribution in [0.3, 0.4) is 0 Å². The molecule has 0 aliphatic heterocycles. The lowest BCUT2D eigenvalue weighted by molar-refractivity contribution is -0.384. The Morgan fingerprint density at radius 2 is 1.82 bits per heavy atom. The van der Waals surface area contributed by atoms with Crippen LogP contribution in [0.25, 0.3) is 10.1 Å². The summed E-state index contributed by atoms with van der Waals surface area (Å²) < 4.78 is 27.1. The number of carbonyl (C=O) groups is 1. The van der Waals surface area contributed by atoms with Crippen LogP contribution in [0.1, 0.15) is 15.2 Å². The molecule has 0 atom stereocenters. The van der Waals surface area contributed by atoms with E-state index in [0.29, 0.717) is 26.7 Å². The van der Waals surface area contributed by atoms with E-state index in [9.17, 15) is 23.3 Å². The fourth-order valence-electron chi connectivity index (χ4n) is 3.34. The summed E-state index contributed by atoms with van der Waals surface area (Å²) in [5.74, 6) is -0.413. The van der Waals surface area contributed by atoms with E-state index in [1.807, 2.05) is 0 Å². The third-order valence-electron chi connectivity index (χ3n) is 4.97. The number of anilines is 2. The average molecular weight is 516 g/mol. The van der Waals surface area contributed by atoms with Gasteiger partial charge in [0.2, 0.25) is 10.0 Å². The molecule has 0 aliphatic carbocycles. The predicted molar refractivity (Wildman–Crippen MR) is 135 cm³/mol. The number of nitrogens with one attached hydrogen (secondary N) is 1. The highest BCUT2D eigenvalue weighted by Gasteiger charge is 2.20. The number of hydrogen-bond donors (Lipinski definition) is 1. The third kappa shape index (κ3) is 5.36. The zero-order chi connectivity index (χ0) is 24.5. The van der Waals surface area contributed by atoms with Crippen molar-refractivity contribution in [3.05, 3.63) is 98.4 Å². The number of nitro benzene ring substituents is 1. The molecule has 0 unspecified atom stereocenters. The van der Waals surface area contributed by atoms with Crippen molar-refractivity contribution >= 4 is 66.0 Å². The number of benzene rings is 3. The summed E-state index contributed by atoms with van der Waals surface area (Å²) in [6, 6.07) is 19.4. The number of hydrogen-bond acceptors (Lipinski definition) is 6. The first-order chi connectivity index (χ1) is 16.1. The van der Waals surface area contributed by atoms with E-state index < -0.39 is 20.9 Å². The minimum atomic E-state index is -3.59. The number of thiophene rings is 1. The van der Waals surface area contributed by atoms with Crippen molar-refractivity contribution in [2.75, 3.05) is 15.9 Å². The summed E-state index contributed by atoms with van der Waals surface area (Å²) in [5.41, 5.74) is 1.43. The maximum Gasteiger partial charge on any atom is 0.271 e. The monoisotopic (exact) mass is 515 g/mol. The summed E-state index contributed by atoms with van der Waals surface area (Å²) in [5, 5.41) is 14.9. The van der Waals surface area contributed by atoms with Crippen LogP contribution in [0, 0.1) is 10.1 Å². The normalized spacial score (nSPS) is 11.4. The molecular formula is C23H18ClN3O5S2. The molecular weight excluding hydrogens is 498 g/mol. The smallest absolute Gasteiger partial charge is 0.271 e. The summed E-state index contributed by atoms with van der Waals surface area (Å²) in [4.78, 5) is 23.5. The average Bonchev–Trinajstić information content (AvgIpc) is 3.21. The SMILES string of the molecule is CS(=O)(=O)N(Cc1ccc(Cl)cc1)c1ccc2sc(C(=O)Nc3cccc([N+](=O)[O-])c3)cc2c1. The van der Waals surface area contributed by atoms with Crippen molar-refractivity contribution in [1.29, 1.82) is 0 Å². The topological polar surface area (TPSA) is 110 Å². The van der Waals surface area contributed by atoms with Gasteiger partial charge in [0.1, 0.15) is 0 Å². The Labute approximate surface area is 204 Å². The molecule has 0 saturated carbocycles. The molecule has 0 saturated heterocycles. The minimum Gasteiger partial charge on any atom is -0.321 e. The van der Waals surface area contributed by atoms with Gasteiger partial charge in [-0.05, 0) is 53.4 Å². The molecule has 4 rings (SSSR count). The van der Waals surface area contributed by atoms with E-state index in [2.05, 4.69) is 5.32 Å². The van der Waals surface area contributed by atoms with E-state index >= 15 is 0 Å². The van der Waals surface area contributed by atoms with Gasteiger partial charge in [-0.3, -0.25) is 19.2 Å². The fraction of sp³-hybridized carbons (Fsp3) is 0.0870. The second kappa shape index (κ2) is 9.41. The highest BCUT2D eigenvalue weighted by atomic mass is 35.5. The van der Waals surface area contributed by atoms with E-state index in [1.165, 1.54) is 33.8 Å². The summed E-state index contributed by atoms with van der Waals surface area (Å²) in [6.07, 6.45) is 1.14. The van der Waals surface area contributed by atoms with Crippen molar-refractivity contribution in [1.82, 2.24) is 0 Å². The molecule has 8 nitrogen and oxygen atoms in total. The highest BCUT2D eigenvalue weighted by molar-refractivity contribution is 7.92. The molecule has 0 radical (unpaired) electrons. The van der Waals surface area contributed by atoms with Crippen LogP contribution in [-0.4, -0.2) is 25.5 Å². The molecule has 0 aliphatic rings. The Balaban J connectivity index is 1.61. The first-order valence-corrected chi connectivity index (χ1v) is 13.0. The van der Waals surface area contributed by atoms with Gasteiger partial charge in [0.25, 0.3) is 11.6 Å². The van der Waals surface area contributed by atoms with Crippen molar-refractivity contribution < 1.29 is 18.1 Å². The van der Waals surface area contributed by atoms with Crippen LogP contribution in [0.4, 0.5) is 17.1 Å². The van der Waals surface area contributed by atoms with Crippen molar-refractivity contribution in [2.24, 2.45) is 0 Å². The lowest BCUT2D eigenvalue weighted by atomic mass is 10.2. The number of nitro groups is 1. The number of fused-ring (bicyclic) bond motifs is 1. The summed E-state index contributed by atoms with van der Waals surface area (Å²) in [7, 11) is -3.59. The van der Waals surface area contributed by atoms with Gasteiger partial charge in [-0.1, -0.05) is 29.8 Å². The molecule has 4 aromatic rings. The van der Waals surface area contributed by atoms with Crippen LogP contribution in [0.2, 0.25) is 5.02 Å². The highest BCUT2D eigenvalue weighted by Crippen LogP contribution is 2.32. The number of halogens is 1. The Kier molecular flexibility index (Phi) is 6.56. The zero-order valence-electron chi connectivity index (χ0n) is 17.8. The number of non-ortho nitro benzene ring substituents is 1. The maximum atomic E-state index is 12.7. The van der Waals surface area contributed by atoms with Crippen molar-refractivity contribution in [3.8, 4) is 0 Å². The standard InChI is InChI=1S/C23H18ClN3O5S2/c1-34(31,32)26(14-15-5-7-17(24)8-6-15)19-9-10-21-16(11-19)12-22(33-21)23(28)25-18-3-2-4-20(13-18)27(29)30/h2-13H,14H2,1H3,(H,25,28). The molecule has 0 spiro atoms. The molecule has 174 valence electrons. The van der Waals surface area contributed by atoms with Gasteiger partial charge < -0.3 is 5.32 Å². The Hall–Kier alpha value is -3.47. The van der Waals surface area contributed by atoms with Gasteiger partial charge in [-0.15, -0.1) is 11.3 Å². The Bertz CT molecular complexity index is 1500. The third-order valence-corrected chi connectivity index (χ3v) is 7.47. The largest absolute Gasteiger partial charge is 0.321 e. The second-order valence-corrected chi connectivity index (χ2v) is 10.9. The van der Waals surface area contributed by atoms with Crippen molar-refractivity contribution in [3.63, 3.8) is 0 Å². The minimum absolute atomic E-state index is 0.125.